The van der Waals surface area contributed by atoms with E-state index in [1.165, 1.54) is 25.0 Å². The molecule has 0 unspecified atom stereocenters. The Kier molecular flexibility index (Phi) is 9.25. The van der Waals surface area contributed by atoms with Gasteiger partial charge in [0.25, 0.3) is 0 Å². The topological polar surface area (TPSA) is 12.0 Å². The fourth-order valence-electron chi connectivity index (χ4n) is 1.43. The van der Waals surface area contributed by atoms with Gasteiger partial charge < -0.3 is 5.32 Å². The molecule has 0 spiro atoms. The first kappa shape index (κ1) is 14.6. The number of hydrogen-bond donors (Lipinski definition) is 1. The molecule has 0 radical (unpaired) electrons. The predicted octanol–water partition coefficient (Wildman–Crippen LogP) is 3.37. The lowest BCUT2D eigenvalue weighted by Gasteiger charge is -2.29. The Morgan fingerprint density at radius 3 is 2.36 bits per heavy atom. The molecule has 14 heavy (non-hydrogen) atoms. The Hall–Kier alpha value is 0.600. The number of rotatable bonds is 9. The van der Waals surface area contributed by atoms with E-state index in [2.05, 4.69) is 25.4 Å². The molecule has 0 saturated heterocycles. The van der Waals surface area contributed by atoms with E-state index in [0.717, 1.165) is 19.0 Å². The maximum Gasteiger partial charge on any atom is 0.0291 e. The van der Waals surface area contributed by atoms with Crippen LogP contribution in [0, 0.1) is 5.41 Å². The maximum absolute atomic E-state index is 6.02. The zero-order valence-electron chi connectivity index (χ0n) is 9.74. The smallest absolute Gasteiger partial charge is 0.0291 e. The van der Waals surface area contributed by atoms with E-state index in [9.17, 15) is 0 Å². The van der Waals surface area contributed by atoms with Crippen molar-refractivity contribution in [3.8, 4) is 0 Å². The maximum atomic E-state index is 6.02. The van der Waals surface area contributed by atoms with E-state index in [1.54, 1.807) is 0 Å². The molecule has 0 aromatic carbocycles. The first-order valence-electron chi connectivity index (χ1n) is 5.50. The first-order valence-corrected chi connectivity index (χ1v) is 7.43. The molecule has 0 aliphatic carbocycles. The van der Waals surface area contributed by atoms with Crippen LogP contribution in [0.3, 0.4) is 0 Å². The summed E-state index contributed by atoms with van der Waals surface area (Å²) >= 11 is 7.93. The van der Waals surface area contributed by atoms with Gasteiger partial charge in [-0.2, -0.15) is 11.8 Å². The monoisotopic (exact) mass is 237 g/mol. The number of halogens is 1. The molecule has 0 fully saturated rings. The average Bonchev–Trinajstić information content (AvgIpc) is 2.24. The van der Waals surface area contributed by atoms with Crippen LogP contribution in [0.2, 0.25) is 0 Å². The van der Waals surface area contributed by atoms with Gasteiger partial charge in [0, 0.05) is 12.4 Å². The highest BCUT2D eigenvalue weighted by Crippen LogP contribution is 2.26. The molecule has 86 valence electrons. The molecule has 0 aromatic heterocycles. The molecule has 0 aliphatic heterocycles. The normalized spacial score (nSPS) is 12.0. The van der Waals surface area contributed by atoms with Crippen molar-refractivity contribution in [3.63, 3.8) is 0 Å². The second kappa shape index (κ2) is 8.87. The highest BCUT2D eigenvalue weighted by molar-refractivity contribution is 7.98. The summed E-state index contributed by atoms with van der Waals surface area (Å²) in [6.07, 6.45) is 5.75. The number of thioether (sulfide) groups is 1. The van der Waals surface area contributed by atoms with Gasteiger partial charge in [-0.15, -0.1) is 11.6 Å². The predicted molar refractivity (Wildman–Crippen MR) is 69.6 cm³/mol. The minimum atomic E-state index is 0.320. The number of hydrogen-bond acceptors (Lipinski definition) is 2. The number of nitrogens with one attached hydrogen (secondary N) is 1. The largest absolute Gasteiger partial charge is 0.316 e. The van der Waals surface area contributed by atoms with Crippen LogP contribution >= 0.6 is 23.4 Å². The minimum Gasteiger partial charge on any atom is -0.316 e. The van der Waals surface area contributed by atoms with Gasteiger partial charge in [-0.25, -0.2) is 0 Å². The summed E-state index contributed by atoms with van der Waals surface area (Å²) in [6.45, 7) is 6.66. The summed E-state index contributed by atoms with van der Waals surface area (Å²) < 4.78 is 0. The summed E-state index contributed by atoms with van der Waals surface area (Å²) in [5.74, 6) is 2.02. The molecule has 0 atom stereocenters. The third-order valence-electron chi connectivity index (χ3n) is 2.99. The zero-order chi connectivity index (χ0) is 10.9. The summed E-state index contributed by atoms with van der Waals surface area (Å²) in [6, 6.07) is 0. The van der Waals surface area contributed by atoms with Gasteiger partial charge in [0.05, 0.1) is 0 Å². The Morgan fingerprint density at radius 2 is 1.93 bits per heavy atom. The van der Waals surface area contributed by atoms with E-state index in [0.29, 0.717) is 5.41 Å². The second-order valence-electron chi connectivity index (χ2n) is 3.86. The van der Waals surface area contributed by atoms with Crippen LogP contribution in [0.1, 0.15) is 33.1 Å². The van der Waals surface area contributed by atoms with Gasteiger partial charge in [-0.1, -0.05) is 13.8 Å². The van der Waals surface area contributed by atoms with Crippen molar-refractivity contribution in [2.24, 2.45) is 5.41 Å². The van der Waals surface area contributed by atoms with E-state index in [4.69, 9.17) is 11.6 Å². The van der Waals surface area contributed by atoms with Crippen molar-refractivity contribution >= 4 is 23.4 Å². The van der Waals surface area contributed by atoms with Gasteiger partial charge in [-0.3, -0.25) is 0 Å². The molecular weight excluding hydrogens is 214 g/mol. The molecule has 0 rings (SSSR count). The second-order valence-corrected chi connectivity index (χ2v) is 5.12. The van der Waals surface area contributed by atoms with Crippen LogP contribution in [0.25, 0.3) is 0 Å². The van der Waals surface area contributed by atoms with Gasteiger partial charge in [-0.05, 0) is 43.2 Å². The van der Waals surface area contributed by atoms with Crippen LogP contribution in [0.4, 0.5) is 0 Å². The number of alkyl halides is 1. The zero-order valence-corrected chi connectivity index (χ0v) is 11.3. The van der Waals surface area contributed by atoms with Crippen molar-refractivity contribution in [2.75, 3.05) is 31.0 Å². The van der Waals surface area contributed by atoms with Crippen LogP contribution in [-0.4, -0.2) is 31.0 Å². The fraction of sp³-hybridized carbons (Fsp3) is 1.00. The lowest BCUT2D eigenvalue weighted by Crippen LogP contribution is -2.35. The third kappa shape index (κ3) is 5.47. The molecule has 0 aliphatic rings. The minimum absolute atomic E-state index is 0.320. The molecular formula is C11H24ClNS. The van der Waals surface area contributed by atoms with Gasteiger partial charge in [0.15, 0.2) is 0 Å². The van der Waals surface area contributed by atoms with Crippen molar-refractivity contribution in [2.45, 2.75) is 33.1 Å². The van der Waals surface area contributed by atoms with Crippen molar-refractivity contribution in [1.29, 1.82) is 0 Å². The van der Waals surface area contributed by atoms with Gasteiger partial charge in [0.1, 0.15) is 0 Å². The highest BCUT2D eigenvalue weighted by atomic mass is 35.5. The molecule has 0 saturated carbocycles. The molecule has 0 amide bonds. The van der Waals surface area contributed by atoms with Crippen molar-refractivity contribution in [1.82, 2.24) is 5.32 Å². The third-order valence-corrected chi connectivity index (χ3v) is 4.25. The molecule has 1 nitrogen and oxygen atoms in total. The molecule has 0 aromatic rings. The summed E-state index contributed by atoms with van der Waals surface area (Å²) in [7, 11) is 0. The Morgan fingerprint density at radius 1 is 1.29 bits per heavy atom. The van der Waals surface area contributed by atoms with Crippen molar-refractivity contribution in [3.05, 3.63) is 0 Å². The Labute approximate surface area is 98.4 Å². The van der Waals surface area contributed by atoms with E-state index >= 15 is 0 Å². The lowest BCUT2D eigenvalue weighted by molar-refractivity contribution is 0.287. The Balaban J connectivity index is 3.61. The van der Waals surface area contributed by atoms with Crippen molar-refractivity contribution < 1.29 is 0 Å². The summed E-state index contributed by atoms with van der Waals surface area (Å²) in [5, 5.41) is 3.52. The quantitative estimate of drug-likeness (QED) is 0.488. The first-order chi connectivity index (χ1) is 6.74. The highest BCUT2D eigenvalue weighted by Gasteiger charge is 2.23. The van der Waals surface area contributed by atoms with Crippen LogP contribution in [-0.2, 0) is 0 Å². The van der Waals surface area contributed by atoms with E-state index in [1.807, 2.05) is 11.8 Å². The molecule has 3 heteroatoms. The van der Waals surface area contributed by atoms with E-state index < -0.39 is 0 Å². The molecule has 0 bridgehead atoms. The average molecular weight is 238 g/mol. The molecule has 1 N–H and O–H groups in total. The SMILES string of the molecule is CCC(CC)(CCl)CNCCCSC. The standard InChI is InChI=1S/C11H24ClNS/c1-4-11(5-2,9-12)10-13-7-6-8-14-3/h13H,4-10H2,1-3H3. The fourth-order valence-corrected chi connectivity index (χ4v) is 2.34. The van der Waals surface area contributed by atoms with Crippen LogP contribution in [0.15, 0.2) is 0 Å². The van der Waals surface area contributed by atoms with Gasteiger partial charge in [0.2, 0.25) is 0 Å². The molecule has 0 heterocycles. The van der Waals surface area contributed by atoms with Gasteiger partial charge >= 0.3 is 0 Å². The summed E-state index contributed by atoms with van der Waals surface area (Å²) in [4.78, 5) is 0. The summed E-state index contributed by atoms with van der Waals surface area (Å²) in [5.41, 5.74) is 0.320. The lowest BCUT2D eigenvalue weighted by atomic mass is 9.84. The van der Waals surface area contributed by atoms with E-state index in [-0.39, 0.29) is 0 Å². The van der Waals surface area contributed by atoms with Crippen LogP contribution in [0.5, 0.6) is 0 Å². The van der Waals surface area contributed by atoms with Crippen LogP contribution < -0.4 is 5.32 Å². The Bertz CT molecular complexity index is 118.